The number of H-pyrrole nitrogens is 1. The highest BCUT2D eigenvalue weighted by Gasteiger charge is 2.41. The molecule has 3 N–H and O–H groups in total. The molecule has 1 aromatic heterocycles. The Morgan fingerprint density at radius 1 is 1.25 bits per heavy atom. The number of imidazole rings is 1. The van der Waals surface area contributed by atoms with Crippen molar-refractivity contribution in [1.29, 1.82) is 0 Å². The van der Waals surface area contributed by atoms with Crippen molar-refractivity contribution < 1.29 is 18.7 Å². The highest BCUT2D eigenvalue weighted by molar-refractivity contribution is 6.31. The summed E-state index contributed by atoms with van der Waals surface area (Å²) in [6.45, 7) is 8.43. The molecule has 1 aliphatic rings. The number of carbonyl (C=O) groups is 2. The Morgan fingerprint density at radius 3 is 2.60 bits per heavy atom. The number of halogens is 2. The Hall–Kier alpha value is -2.97. The average molecular weight is 571 g/mol. The number of benzene rings is 2. The van der Waals surface area contributed by atoms with Crippen LogP contribution in [-0.4, -0.2) is 48.1 Å². The molecule has 3 aromatic rings. The Labute approximate surface area is 240 Å². The van der Waals surface area contributed by atoms with Crippen molar-refractivity contribution in [3.63, 3.8) is 0 Å². The van der Waals surface area contributed by atoms with Gasteiger partial charge in [-0.15, -0.1) is 0 Å². The maximum atomic E-state index is 14.8. The topological polar surface area (TPSA) is 96.1 Å². The van der Waals surface area contributed by atoms with E-state index in [1.165, 1.54) is 6.07 Å². The van der Waals surface area contributed by atoms with Gasteiger partial charge in [0.25, 0.3) is 0 Å². The maximum Gasteiger partial charge on any atom is 0.242 e. The summed E-state index contributed by atoms with van der Waals surface area (Å²) in [5, 5.41) is 6.31. The van der Waals surface area contributed by atoms with E-state index in [0.717, 1.165) is 35.9 Å². The van der Waals surface area contributed by atoms with E-state index >= 15 is 0 Å². The quantitative estimate of drug-likeness (QED) is 0.262. The first-order valence-electron chi connectivity index (χ1n) is 14.1. The summed E-state index contributed by atoms with van der Waals surface area (Å²) in [6.07, 6.45) is 3.38. The van der Waals surface area contributed by atoms with Crippen molar-refractivity contribution in [2.45, 2.75) is 70.8 Å². The fraction of sp³-hybridized carbons (Fsp3) is 0.516. The summed E-state index contributed by atoms with van der Waals surface area (Å²) in [4.78, 5) is 34.7. The molecule has 40 heavy (non-hydrogen) atoms. The first-order chi connectivity index (χ1) is 19.1. The van der Waals surface area contributed by atoms with Crippen LogP contribution in [0.25, 0.3) is 11.0 Å². The molecule has 2 aromatic carbocycles. The van der Waals surface area contributed by atoms with Gasteiger partial charge in [-0.1, -0.05) is 44.0 Å². The van der Waals surface area contributed by atoms with Crippen LogP contribution in [0, 0.1) is 17.7 Å². The number of likely N-dealkylation sites (N-methyl/N-ethyl adjacent to an activating group) is 1. The number of methoxy groups -OCH3 is 1. The number of ether oxygens (including phenoxy) is 1. The SMILES string of the molecule is CCNC(=O)[C@H](NC(=O)C(C)(COC)c1ccc2nc(CC(c3c(F)cccc3Cl)C(C)C)[nH]c2c1)C1CCC1. The number of aromatic nitrogens is 2. The number of rotatable bonds is 12. The third-order valence-electron chi connectivity index (χ3n) is 8.23. The van der Waals surface area contributed by atoms with E-state index in [0.29, 0.717) is 29.4 Å². The lowest BCUT2D eigenvalue weighted by Gasteiger charge is -2.36. The zero-order valence-corrected chi connectivity index (χ0v) is 24.7. The lowest BCUT2D eigenvalue weighted by atomic mass is 9.77. The number of carbonyl (C=O) groups excluding carboxylic acids is 2. The van der Waals surface area contributed by atoms with Crippen molar-refractivity contribution in [1.82, 2.24) is 20.6 Å². The number of aromatic amines is 1. The van der Waals surface area contributed by atoms with Gasteiger partial charge >= 0.3 is 0 Å². The molecule has 0 radical (unpaired) electrons. The standard InChI is InChI=1S/C31H40ClFN4O3/c1-6-34-29(38)28(19-9-7-10-19)37-30(39)31(4,17-40-5)20-13-14-24-25(15-20)36-26(35-24)16-21(18(2)3)27-22(32)11-8-12-23(27)33/h8,11-15,18-19,21,28H,6-7,9-10,16-17H2,1-5H3,(H,34,38)(H,35,36)(H,37,39)/t21?,28-,31?/m1/s1. The normalized spacial score (nSPS) is 16.8. The number of hydrogen-bond donors (Lipinski definition) is 3. The van der Waals surface area contributed by atoms with Crippen LogP contribution in [0.15, 0.2) is 36.4 Å². The molecular weight excluding hydrogens is 531 g/mol. The molecule has 9 heteroatoms. The highest BCUT2D eigenvalue weighted by Crippen LogP contribution is 2.36. The highest BCUT2D eigenvalue weighted by atomic mass is 35.5. The summed E-state index contributed by atoms with van der Waals surface area (Å²) < 4.78 is 20.3. The first-order valence-corrected chi connectivity index (χ1v) is 14.5. The first kappa shape index (κ1) is 30.0. The van der Waals surface area contributed by atoms with Crippen LogP contribution < -0.4 is 10.6 Å². The van der Waals surface area contributed by atoms with E-state index in [1.807, 2.05) is 45.9 Å². The molecule has 2 amide bonds. The zero-order chi connectivity index (χ0) is 29.0. The molecule has 1 fully saturated rings. The van der Waals surface area contributed by atoms with Gasteiger partial charge in [-0.2, -0.15) is 0 Å². The molecule has 7 nitrogen and oxygen atoms in total. The molecule has 2 unspecified atom stereocenters. The van der Waals surface area contributed by atoms with E-state index in [1.54, 1.807) is 19.2 Å². The molecule has 0 aliphatic heterocycles. The van der Waals surface area contributed by atoms with Gasteiger partial charge in [0.2, 0.25) is 11.8 Å². The Bertz CT molecular complexity index is 1340. The predicted molar refractivity (Wildman–Crippen MR) is 156 cm³/mol. The van der Waals surface area contributed by atoms with Crippen molar-refractivity contribution in [3.05, 3.63) is 64.2 Å². The molecule has 4 rings (SSSR count). The average Bonchev–Trinajstić information content (AvgIpc) is 3.28. The second-order valence-electron chi connectivity index (χ2n) is 11.4. The summed E-state index contributed by atoms with van der Waals surface area (Å²) >= 11 is 6.40. The van der Waals surface area contributed by atoms with Gasteiger partial charge < -0.3 is 20.4 Å². The number of nitrogens with one attached hydrogen (secondary N) is 3. The zero-order valence-electron chi connectivity index (χ0n) is 23.9. The minimum Gasteiger partial charge on any atom is -0.383 e. The monoisotopic (exact) mass is 570 g/mol. The van der Waals surface area contributed by atoms with Gasteiger partial charge in [0.15, 0.2) is 0 Å². The molecule has 3 atom stereocenters. The molecule has 0 bridgehead atoms. The minimum atomic E-state index is -1.04. The fourth-order valence-corrected chi connectivity index (χ4v) is 5.87. The third kappa shape index (κ3) is 6.18. The maximum absolute atomic E-state index is 14.8. The van der Waals surface area contributed by atoms with Crippen LogP contribution >= 0.6 is 11.6 Å². The van der Waals surface area contributed by atoms with Crippen molar-refractivity contribution in [2.24, 2.45) is 11.8 Å². The number of fused-ring (bicyclic) bond motifs is 1. The van der Waals surface area contributed by atoms with E-state index in [2.05, 4.69) is 15.6 Å². The van der Waals surface area contributed by atoms with Gasteiger partial charge in [0, 0.05) is 30.7 Å². The second-order valence-corrected chi connectivity index (χ2v) is 11.8. The van der Waals surface area contributed by atoms with Gasteiger partial charge in [-0.25, -0.2) is 9.37 Å². The molecule has 0 saturated heterocycles. The van der Waals surface area contributed by atoms with Gasteiger partial charge in [-0.05, 0) is 74.3 Å². The largest absolute Gasteiger partial charge is 0.383 e. The fourth-order valence-electron chi connectivity index (χ4n) is 5.57. The molecule has 216 valence electrons. The lowest BCUT2D eigenvalue weighted by Crippen LogP contribution is -2.57. The van der Waals surface area contributed by atoms with E-state index in [4.69, 9.17) is 21.3 Å². The summed E-state index contributed by atoms with van der Waals surface area (Å²) in [5.74, 6) is 0.0746. The summed E-state index contributed by atoms with van der Waals surface area (Å²) in [6, 6.07) is 9.85. The molecular formula is C31H40ClFN4O3. The van der Waals surface area contributed by atoms with Crippen molar-refractivity contribution >= 4 is 34.4 Å². The number of amides is 2. The predicted octanol–water partition coefficient (Wildman–Crippen LogP) is 5.66. The third-order valence-corrected chi connectivity index (χ3v) is 8.56. The van der Waals surface area contributed by atoms with E-state index in [-0.39, 0.29) is 42.0 Å². The van der Waals surface area contributed by atoms with Crippen LogP contribution in [-0.2, 0) is 26.2 Å². The van der Waals surface area contributed by atoms with Crippen LogP contribution in [0.4, 0.5) is 4.39 Å². The van der Waals surface area contributed by atoms with Crippen LogP contribution in [0.3, 0.4) is 0 Å². The Kier molecular flexibility index (Phi) is 9.52. The van der Waals surface area contributed by atoms with E-state index in [9.17, 15) is 14.0 Å². The van der Waals surface area contributed by atoms with Gasteiger partial charge in [0.05, 0.1) is 23.1 Å². The van der Waals surface area contributed by atoms with Gasteiger partial charge in [0.1, 0.15) is 17.7 Å². The molecule has 0 spiro atoms. The summed E-state index contributed by atoms with van der Waals surface area (Å²) in [7, 11) is 1.56. The smallest absolute Gasteiger partial charge is 0.242 e. The minimum absolute atomic E-state index is 0.125. The van der Waals surface area contributed by atoms with Crippen LogP contribution in [0.1, 0.15) is 69.8 Å². The Balaban J connectivity index is 1.62. The van der Waals surface area contributed by atoms with Crippen LogP contribution in [0.5, 0.6) is 0 Å². The summed E-state index contributed by atoms with van der Waals surface area (Å²) in [5.41, 5.74) is 1.72. The molecule has 1 saturated carbocycles. The molecule has 1 heterocycles. The molecule has 1 aliphatic carbocycles. The van der Waals surface area contributed by atoms with Crippen LogP contribution in [0.2, 0.25) is 5.02 Å². The lowest BCUT2D eigenvalue weighted by molar-refractivity contribution is -0.135. The second kappa shape index (κ2) is 12.7. The van der Waals surface area contributed by atoms with Crippen molar-refractivity contribution in [2.75, 3.05) is 20.3 Å². The van der Waals surface area contributed by atoms with Crippen molar-refractivity contribution in [3.8, 4) is 0 Å². The van der Waals surface area contributed by atoms with E-state index < -0.39 is 11.5 Å². The number of nitrogens with zero attached hydrogens (tertiary/aromatic N) is 1. The number of hydrogen-bond acceptors (Lipinski definition) is 4. The Morgan fingerprint density at radius 2 is 2.00 bits per heavy atom. The van der Waals surface area contributed by atoms with Gasteiger partial charge in [-0.3, -0.25) is 9.59 Å².